The minimum Gasteiger partial charge on any atom is -0.405 e. The lowest BCUT2D eigenvalue weighted by atomic mass is 9.98. The monoisotopic (exact) mass is 375 g/mol. The summed E-state index contributed by atoms with van der Waals surface area (Å²) in [5.74, 6) is -0.310. The molecule has 0 heterocycles. The van der Waals surface area contributed by atoms with Crippen LogP contribution in [0, 0.1) is 5.92 Å². The van der Waals surface area contributed by atoms with Crippen LogP contribution < -0.4 is 10.5 Å². The van der Waals surface area contributed by atoms with Crippen molar-refractivity contribution in [1.29, 1.82) is 0 Å². The predicted octanol–water partition coefficient (Wildman–Crippen LogP) is 3.54. The first kappa shape index (κ1) is 17.6. The Morgan fingerprint density at radius 1 is 1.35 bits per heavy atom. The molecule has 1 aliphatic carbocycles. The van der Waals surface area contributed by atoms with E-state index in [0.29, 0.717) is 4.47 Å². The largest absolute Gasteiger partial charge is 0.573 e. The standard InChI is InChI=1S/C12H13BrF3NO2.ClH/c13-7-3-4-9(19-12(14,15)16)8(5-7)10(17)11(18)6-1-2-6;/h3-6,10-11,18H,1-2,17H2;1H/t10-,11+;/m0./s1. The van der Waals surface area contributed by atoms with Gasteiger partial charge in [-0.25, -0.2) is 0 Å². The van der Waals surface area contributed by atoms with Gasteiger partial charge in [-0.05, 0) is 37.0 Å². The molecule has 0 bridgehead atoms. The van der Waals surface area contributed by atoms with Crippen molar-refractivity contribution >= 4 is 28.3 Å². The lowest BCUT2D eigenvalue weighted by Crippen LogP contribution is -2.29. The number of aliphatic hydroxyl groups excluding tert-OH is 1. The van der Waals surface area contributed by atoms with Gasteiger partial charge in [-0.1, -0.05) is 15.9 Å². The van der Waals surface area contributed by atoms with Gasteiger partial charge in [0.25, 0.3) is 0 Å². The summed E-state index contributed by atoms with van der Waals surface area (Å²) in [7, 11) is 0. The Labute approximate surface area is 128 Å². The van der Waals surface area contributed by atoms with E-state index in [2.05, 4.69) is 20.7 Å². The van der Waals surface area contributed by atoms with Crippen molar-refractivity contribution in [2.45, 2.75) is 31.3 Å². The molecular weight excluding hydrogens is 362 g/mol. The second-order valence-corrected chi connectivity index (χ2v) is 5.50. The van der Waals surface area contributed by atoms with Gasteiger partial charge < -0.3 is 15.6 Å². The fraction of sp³-hybridized carbons (Fsp3) is 0.500. The number of aliphatic hydroxyl groups is 1. The van der Waals surface area contributed by atoms with Crippen molar-refractivity contribution in [3.8, 4) is 5.75 Å². The van der Waals surface area contributed by atoms with E-state index in [1.54, 1.807) is 0 Å². The van der Waals surface area contributed by atoms with Crippen molar-refractivity contribution in [3.05, 3.63) is 28.2 Å². The van der Waals surface area contributed by atoms with Crippen LogP contribution in [-0.4, -0.2) is 17.6 Å². The zero-order valence-corrected chi connectivity index (χ0v) is 12.6. The van der Waals surface area contributed by atoms with Gasteiger partial charge in [-0.15, -0.1) is 25.6 Å². The average Bonchev–Trinajstić information content (AvgIpc) is 3.12. The van der Waals surface area contributed by atoms with E-state index in [0.717, 1.165) is 12.8 Å². The highest BCUT2D eigenvalue weighted by Crippen LogP contribution is 2.40. The zero-order valence-electron chi connectivity index (χ0n) is 10.2. The van der Waals surface area contributed by atoms with E-state index in [-0.39, 0.29) is 29.6 Å². The molecular formula is C12H14BrClF3NO2. The number of benzene rings is 1. The van der Waals surface area contributed by atoms with Crippen LogP contribution in [0.4, 0.5) is 13.2 Å². The molecule has 1 aromatic carbocycles. The first-order chi connectivity index (χ1) is 8.78. The molecule has 0 radical (unpaired) electrons. The molecule has 1 aliphatic rings. The fourth-order valence-electron chi connectivity index (χ4n) is 1.91. The van der Waals surface area contributed by atoms with Crippen molar-refractivity contribution in [1.82, 2.24) is 0 Å². The summed E-state index contributed by atoms with van der Waals surface area (Å²) in [4.78, 5) is 0. The number of hydrogen-bond acceptors (Lipinski definition) is 3. The first-order valence-electron chi connectivity index (χ1n) is 5.77. The van der Waals surface area contributed by atoms with Gasteiger partial charge >= 0.3 is 6.36 Å². The molecule has 114 valence electrons. The Bertz CT molecular complexity index is 469. The Hall–Kier alpha value is -0.500. The van der Waals surface area contributed by atoms with Crippen LogP contribution in [0.3, 0.4) is 0 Å². The van der Waals surface area contributed by atoms with Crippen molar-refractivity contribution in [3.63, 3.8) is 0 Å². The third kappa shape index (κ3) is 4.51. The van der Waals surface area contributed by atoms with E-state index < -0.39 is 18.5 Å². The van der Waals surface area contributed by atoms with E-state index in [9.17, 15) is 18.3 Å². The molecule has 0 aliphatic heterocycles. The number of ether oxygens (including phenoxy) is 1. The Balaban J connectivity index is 0.00000200. The molecule has 0 saturated heterocycles. The third-order valence-electron chi connectivity index (χ3n) is 3.03. The van der Waals surface area contributed by atoms with Gasteiger partial charge in [0.1, 0.15) is 5.75 Å². The van der Waals surface area contributed by atoms with Gasteiger partial charge in [0.05, 0.1) is 12.1 Å². The normalized spacial score (nSPS) is 18.1. The molecule has 0 aromatic heterocycles. The summed E-state index contributed by atoms with van der Waals surface area (Å²) in [6.07, 6.45) is -3.95. The maximum atomic E-state index is 12.3. The maximum absolute atomic E-state index is 12.3. The van der Waals surface area contributed by atoms with E-state index in [4.69, 9.17) is 5.73 Å². The highest BCUT2D eigenvalue weighted by atomic mass is 79.9. The average molecular weight is 377 g/mol. The van der Waals surface area contributed by atoms with Crippen LogP contribution in [0.15, 0.2) is 22.7 Å². The lowest BCUT2D eigenvalue weighted by molar-refractivity contribution is -0.275. The Morgan fingerprint density at radius 2 is 1.95 bits per heavy atom. The lowest BCUT2D eigenvalue weighted by Gasteiger charge is -2.22. The Kier molecular flexibility index (Phi) is 5.71. The Morgan fingerprint density at radius 3 is 2.45 bits per heavy atom. The molecule has 0 amide bonds. The van der Waals surface area contributed by atoms with E-state index in [1.807, 2.05) is 0 Å². The molecule has 3 N–H and O–H groups in total. The zero-order chi connectivity index (χ0) is 14.2. The summed E-state index contributed by atoms with van der Waals surface area (Å²) in [6, 6.07) is 3.16. The smallest absolute Gasteiger partial charge is 0.405 e. The second-order valence-electron chi connectivity index (χ2n) is 4.58. The summed E-state index contributed by atoms with van der Waals surface area (Å²) in [5.41, 5.74) is 5.99. The van der Waals surface area contributed by atoms with Crippen LogP contribution in [0.25, 0.3) is 0 Å². The van der Waals surface area contributed by atoms with Gasteiger partial charge in [0, 0.05) is 10.0 Å². The first-order valence-corrected chi connectivity index (χ1v) is 6.56. The van der Waals surface area contributed by atoms with Gasteiger partial charge in [-0.3, -0.25) is 0 Å². The van der Waals surface area contributed by atoms with Crippen LogP contribution in [-0.2, 0) is 0 Å². The summed E-state index contributed by atoms with van der Waals surface area (Å²) >= 11 is 3.17. The van der Waals surface area contributed by atoms with E-state index >= 15 is 0 Å². The number of hydrogen-bond donors (Lipinski definition) is 2. The molecule has 1 saturated carbocycles. The van der Waals surface area contributed by atoms with Crippen LogP contribution in [0.1, 0.15) is 24.4 Å². The minimum absolute atomic E-state index is 0. The third-order valence-corrected chi connectivity index (χ3v) is 3.52. The molecule has 2 rings (SSSR count). The van der Waals surface area contributed by atoms with Crippen molar-refractivity contribution in [2.75, 3.05) is 0 Å². The van der Waals surface area contributed by atoms with Crippen molar-refractivity contribution < 1.29 is 23.0 Å². The van der Waals surface area contributed by atoms with Gasteiger partial charge in [0.2, 0.25) is 0 Å². The topological polar surface area (TPSA) is 55.5 Å². The second kappa shape index (κ2) is 6.51. The number of nitrogens with two attached hydrogens (primary N) is 1. The molecule has 1 aromatic rings. The van der Waals surface area contributed by atoms with Gasteiger partial charge in [-0.2, -0.15) is 0 Å². The molecule has 1 fully saturated rings. The highest BCUT2D eigenvalue weighted by molar-refractivity contribution is 9.10. The summed E-state index contributed by atoms with van der Waals surface area (Å²) < 4.78 is 41.5. The fourth-order valence-corrected chi connectivity index (χ4v) is 2.29. The molecule has 2 atom stereocenters. The molecule has 8 heteroatoms. The minimum atomic E-state index is -4.78. The number of alkyl halides is 3. The number of rotatable bonds is 4. The highest BCUT2D eigenvalue weighted by Gasteiger charge is 2.37. The van der Waals surface area contributed by atoms with Crippen molar-refractivity contribution in [2.24, 2.45) is 11.7 Å². The molecule has 0 spiro atoms. The maximum Gasteiger partial charge on any atom is 0.573 e. The SMILES string of the molecule is Cl.N[C@@H](c1cc(Br)ccc1OC(F)(F)F)[C@H](O)C1CC1. The number of halogens is 5. The molecule has 20 heavy (non-hydrogen) atoms. The van der Waals surface area contributed by atoms with Crippen LogP contribution in [0.2, 0.25) is 0 Å². The molecule has 3 nitrogen and oxygen atoms in total. The quantitative estimate of drug-likeness (QED) is 0.845. The molecule has 0 unspecified atom stereocenters. The van der Waals surface area contributed by atoms with E-state index in [1.165, 1.54) is 18.2 Å². The van der Waals surface area contributed by atoms with Crippen LogP contribution in [0.5, 0.6) is 5.75 Å². The van der Waals surface area contributed by atoms with Gasteiger partial charge in [0.15, 0.2) is 0 Å². The summed E-state index contributed by atoms with van der Waals surface area (Å²) in [6.45, 7) is 0. The summed E-state index contributed by atoms with van der Waals surface area (Å²) in [5, 5.41) is 9.95. The van der Waals surface area contributed by atoms with Crippen LogP contribution >= 0.6 is 28.3 Å². The predicted molar refractivity (Wildman–Crippen MR) is 73.7 cm³/mol.